The Morgan fingerprint density at radius 1 is 0.327 bits per heavy atom. The van der Waals surface area contributed by atoms with Crippen LogP contribution in [0.4, 0.5) is 0 Å². The van der Waals surface area contributed by atoms with Crippen molar-refractivity contribution in [2.45, 2.75) is 0 Å². The molecular formula is C45H27N3S. The lowest BCUT2D eigenvalue weighted by atomic mass is 9.93. The van der Waals surface area contributed by atoms with Crippen LogP contribution in [0.15, 0.2) is 164 Å². The Labute approximate surface area is 286 Å². The number of benzene rings is 7. The zero-order chi connectivity index (χ0) is 32.3. The maximum absolute atomic E-state index is 5.19. The molecule has 0 saturated carbocycles. The molecule has 3 aromatic heterocycles. The summed E-state index contributed by atoms with van der Waals surface area (Å²) in [6.07, 6.45) is 3.62. The minimum absolute atomic E-state index is 0.705. The van der Waals surface area contributed by atoms with Crippen LogP contribution >= 0.6 is 11.3 Å². The molecule has 4 heteroatoms. The molecule has 0 aliphatic heterocycles. The summed E-state index contributed by atoms with van der Waals surface area (Å²) in [6, 6.07) is 54.2. The van der Waals surface area contributed by atoms with E-state index in [1.165, 1.54) is 58.1 Å². The molecule has 3 nitrogen and oxygen atoms in total. The minimum Gasteiger partial charge on any atom is -0.265 e. The fourth-order valence-corrected chi connectivity index (χ4v) is 8.36. The monoisotopic (exact) mass is 641 g/mol. The molecule has 0 fully saturated rings. The van der Waals surface area contributed by atoms with Crippen LogP contribution in [0, 0.1) is 0 Å². The Bertz CT molecular complexity index is 2880. The first kappa shape index (κ1) is 27.8. The fourth-order valence-electron chi connectivity index (χ4n) is 7.20. The number of nitrogens with zero attached hydrogens (tertiary/aromatic N) is 3. The van der Waals surface area contributed by atoms with Crippen molar-refractivity contribution in [1.82, 2.24) is 15.0 Å². The third-order valence-corrected chi connectivity index (χ3v) is 10.7. The van der Waals surface area contributed by atoms with Crippen molar-refractivity contribution in [3.05, 3.63) is 164 Å². The largest absolute Gasteiger partial charge is 0.265 e. The van der Waals surface area contributed by atoms with Gasteiger partial charge in [0.15, 0.2) is 5.82 Å². The second-order valence-corrected chi connectivity index (χ2v) is 13.5. The van der Waals surface area contributed by atoms with Crippen LogP contribution in [0.2, 0.25) is 0 Å². The van der Waals surface area contributed by atoms with Crippen LogP contribution in [-0.4, -0.2) is 15.0 Å². The molecule has 0 amide bonds. The standard InChI is InChI=1S/C45H27N3S/c1-2-9-28(10-3-1)30-11-8-12-31(23-30)42-27-41(29-19-21-46-22-20-29)47-45(48-42)32-17-18-37-40-25-38-35-15-6-4-13-33(35)34-14-5-7-16-36(34)39(38)26-44(40)49-43(37)24-32/h1-27H. The zero-order valence-corrected chi connectivity index (χ0v) is 27.2. The van der Waals surface area contributed by atoms with E-state index in [1.807, 2.05) is 41.9 Å². The number of hydrogen-bond donors (Lipinski definition) is 0. The van der Waals surface area contributed by atoms with E-state index in [-0.39, 0.29) is 0 Å². The first-order chi connectivity index (χ1) is 24.3. The van der Waals surface area contributed by atoms with Crippen LogP contribution in [0.5, 0.6) is 0 Å². The van der Waals surface area contributed by atoms with Crippen molar-refractivity contribution in [3.63, 3.8) is 0 Å². The van der Waals surface area contributed by atoms with Gasteiger partial charge in [0.25, 0.3) is 0 Å². The molecule has 0 aliphatic rings. The smallest absolute Gasteiger partial charge is 0.160 e. The van der Waals surface area contributed by atoms with Crippen LogP contribution in [0.25, 0.3) is 97.5 Å². The summed E-state index contributed by atoms with van der Waals surface area (Å²) in [6.45, 7) is 0. The summed E-state index contributed by atoms with van der Waals surface area (Å²) in [4.78, 5) is 14.5. The number of aromatic nitrogens is 3. The van der Waals surface area contributed by atoms with Crippen molar-refractivity contribution in [2.24, 2.45) is 0 Å². The van der Waals surface area contributed by atoms with Crippen molar-refractivity contribution < 1.29 is 0 Å². The predicted octanol–water partition coefficient (Wildman–Crippen LogP) is 12.4. The predicted molar refractivity (Wildman–Crippen MR) is 207 cm³/mol. The van der Waals surface area contributed by atoms with Gasteiger partial charge in [-0.25, -0.2) is 9.97 Å². The van der Waals surface area contributed by atoms with Crippen molar-refractivity contribution in [2.75, 3.05) is 0 Å². The van der Waals surface area contributed by atoms with E-state index in [9.17, 15) is 0 Å². The van der Waals surface area contributed by atoms with Gasteiger partial charge in [0, 0.05) is 49.3 Å². The molecular weight excluding hydrogens is 615 g/mol. The number of pyridine rings is 1. The van der Waals surface area contributed by atoms with Crippen molar-refractivity contribution >= 4 is 63.8 Å². The normalized spacial score (nSPS) is 11.7. The van der Waals surface area contributed by atoms with E-state index < -0.39 is 0 Å². The van der Waals surface area contributed by atoms with E-state index in [0.29, 0.717) is 5.82 Å². The molecule has 3 heterocycles. The molecule has 228 valence electrons. The topological polar surface area (TPSA) is 38.7 Å². The Morgan fingerprint density at radius 2 is 0.918 bits per heavy atom. The molecule has 0 N–H and O–H groups in total. The Kier molecular flexibility index (Phi) is 6.36. The maximum atomic E-state index is 5.19. The maximum Gasteiger partial charge on any atom is 0.160 e. The first-order valence-electron chi connectivity index (χ1n) is 16.4. The van der Waals surface area contributed by atoms with Gasteiger partial charge in [0.2, 0.25) is 0 Å². The third kappa shape index (κ3) is 4.68. The van der Waals surface area contributed by atoms with Crippen LogP contribution in [0.1, 0.15) is 0 Å². The van der Waals surface area contributed by atoms with Crippen molar-refractivity contribution in [3.8, 4) is 45.0 Å². The van der Waals surface area contributed by atoms with E-state index in [2.05, 4.69) is 138 Å². The molecule has 0 spiro atoms. The average Bonchev–Trinajstić information content (AvgIpc) is 3.55. The number of rotatable bonds is 4. The quantitative estimate of drug-likeness (QED) is 0.180. The summed E-state index contributed by atoms with van der Waals surface area (Å²) in [5, 5.41) is 10.3. The highest BCUT2D eigenvalue weighted by Gasteiger charge is 2.16. The third-order valence-electron chi connectivity index (χ3n) is 9.56. The molecule has 0 atom stereocenters. The van der Waals surface area contributed by atoms with Gasteiger partial charge in [0.05, 0.1) is 11.4 Å². The lowest BCUT2D eigenvalue weighted by Crippen LogP contribution is -1.96. The van der Waals surface area contributed by atoms with E-state index >= 15 is 0 Å². The van der Waals surface area contributed by atoms with E-state index in [1.54, 1.807) is 0 Å². The molecule has 49 heavy (non-hydrogen) atoms. The fraction of sp³-hybridized carbons (Fsp3) is 0. The van der Waals surface area contributed by atoms with Gasteiger partial charge in [-0.1, -0.05) is 109 Å². The summed E-state index contributed by atoms with van der Waals surface area (Å²) < 4.78 is 2.51. The van der Waals surface area contributed by atoms with Gasteiger partial charge in [-0.3, -0.25) is 4.98 Å². The van der Waals surface area contributed by atoms with Gasteiger partial charge < -0.3 is 0 Å². The molecule has 0 unspecified atom stereocenters. The zero-order valence-electron chi connectivity index (χ0n) is 26.3. The van der Waals surface area contributed by atoms with E-state index in [0.717, 1.165) is 33.6 Å². The molecule has 0 aliphatic carbocycles. The van der Waals surface area contributed by atoms with Crippen LogP contribution in [0.3, 0.4) is 0 Å². The van der Waals surface area contributed by atoms with Gasteiger partial charge in [-0.05, 0) is 85.9 Å². The molecule has 0 radical (unpaired) electrons. The van der Waals surface area contributed by atoms with Gasteiger partial charge >= 0.3 is 0 Å². The highest BCUT2D eigenvalue weighted by molar-refractivity contribution is 7.26. The Hall–Kier alpha value is -6.23. The average molecular weight is 642 g/mol. The lowest BCUT2D eigenvalue weighted by Gasteiger charge is -2.11. The molecule has 10 aromatic rings. The SMILES string of the molecule is c1ccc(-c2cccc(-c3cc(-c4ccncc4)nc(-c4ccc5c(c4)sc4cc6c7ccccc7c7ccccc7c6cc45)n3)c2)cc1. The highest BCUT2D eigenvalue weighted by Crippen LogP contribution is 2.42. The highest BCUT2D eigenvalue weighted by atomic mass is 32.1. The number of hydrogen-bond acceptors (Lipinski definition) is 4. The lowest BCUT2D eigenvalue weighted by molar-refractivity contribution is 1.18. The van der Waals surface area contributed by atoms with Crippen molar-refractivity contribution in [1.29, 1.82) is 0 Å². The Morgan fingerprint density at radius 3 is 1.65 bits per heavy atom. The summed E-state index contributed by atoms with van der Waals surface area (Å²) in [7, 11) is 0. The Balaban J connectivity index is 1.16. The van der Waals surface area contributed by atoms with Gasteiger partial charge in [-0.2, -0.15) is 0 Å². The molecule has 0 bridgehead atoms. The second-order valence-electron chi connectivity index (χ2n) is 12.4. The minimum atomic E-state index is 0.705. The summed E-state index contributed by atoms with van der Waals surface area (Å²) >= 11 is 1.84. The molecule has 7 aromatic carbocycles. The summed E-state index contributed by atoms with van der Waals surface area (Å²) in [5.74, 6) is 0.705. The summed E-state index contributed by atoms with van der Waals surface area (Å²) in [5.41, 5.74) is 7.14. The van der Waals surface area contributed by atoms with Crippen LogP contribution in [-0.2, 0) is 0 Å². The van der Waals surface area contributed by atoms with E-state index in [4.69, 9.17) is 9.97 Å². The second kappa shape index (κ2) is 11.2. The molecule has 0 saturated heterocycles. The number of thiophene rings is 1. The van der Waals surface area contributed by atoms with Gasteiger partial charge in [-0.15, -0.1) is 11.3 Å². The number of fused-ring (bicyclic) bond motifs is 9. The molecule has 10 rings (SSSR count). The van der Waals surface area contributed by atoms with Gasteiger partial charge in [0.1, 0.15) is 0 Å². The first-order valence-corrected chi connectivity index (χ1v) is 17.2. The van der Waals surface area contributed by atoms with Crippen LogP contribution < -0.4 is 0 Å².